The molecule has 0 saturated carbocycles. The summed E-state index contributed by atoms with van der Waals surface area (Å²) in [5.41, 5.74) is 0.812. The van der Waals surface area contributed by atoms with Gasteiger partial charge >= 0.3 is 0 Å². The van der Waals surface area contributed by atoms with Gasteiger partial charge in [-0.05, 0) is 48.9 Å². The fourth-order valence-corrected chi connectivity index (χ4v) is 3.34. The van der Waals surface area contributed by atoms with E-state index in [9.17, 15) is 9.59 Å². The number of hydrogen-bond donors (Lipinski definition) is 1. The molecule has 0 bridgehead atoms. The van der Waals surface area contributed by atoms with Gasteiger partial charge in [0.1, 0.15) is 0 Å². The molecule has 0 aliphatic carbocycles. The summed E-state index contributed by atoms with van der Waals surface area (Å²) in [4.78, 5) is 27.4. The Balaban J connectivity index is 2.06. The van der Waals surface area contributed by atoms with Gasteiger partial charge in [0.25, 0.3) is 5.91 Å². The van der Waals surface area contributed by atoms with Crippen molar-refractivity contribution in [3.8, 4) is 11.5 Å². The molecule has 7 heteroatoms. The van der Waals surface area contributed by atoms with Gasteiger partial charge < -0.3 is 14.8 Å². The van der Waals surface area contributed by atoms with Crippen molar-refractivity contribution >= 4 is 34.8 Å². The highest BCUT2D eigenvalue weighted by molar-refractivity contribution is 8.18. The zero-order valence-electron chi connectivity index (χ0n) is 16.0. The second-order valence-electron chi connectivity index (χ2n) is 6.06. The van der Waals surface area contributed by atoms with E-state index in [1.807, 2.05) is 25.1 Å². The van der Waals surface area contributed by atoms with Gasteiger partial charge in [0.15, 0.2) is 16.7 Å². The Hall–Kier alpha value is -2.28. The average molecular weight is 391 g/mol. The SMILES string of the molecule is CCCCCCOc1ccc(/C=C2/SC(NC(C)=O)=NC2=O)cc1OCC. The second kappa shape index (κ2) is 10.8. The van der Waals surface area contributed by atoms with Crippen molar-refractivity contribution in [1.82, 2.24) is 5.32 Å². The Kier molecular flexibility index (Phi) is 8.39. The molecule has 1 heterocycles. The fraction of sp³-hybridized carbons (Fsp3) is 0.450. The van der Waals surface area contributed by atoms with Gasteiger partial charge in [-0.25, -0.2) is 0 Å². The predicted octanol–water partition coefficient (Wildman–Crippen LogP) is 4.15. The molecule has 1 aromatic rings. The van der Waals surface area contributed by atoms with E-state index in [1.165, 1.54) is 19.8 Å². The molecule has 0 atom stereocenters. The molecule has 146 valence electrons. The third kappa shape index (κ3) is 6.75. The summed E-state index contributed by atoms with van der Waals surface area (Å²) in [7, 11) is 0. The summed E-state index contributed by atoms with van der Waals surface area (Å²) in [5.74, 6) is 0.740. The minimum Gasteiger partial charge on any atom is -0.490 e. The maximum atomic E-state index is 12.0. The van der Waals surface area contributed by atoms with E-state index in [4.69, 9.17) is 9.47 Å². The fourth-order valence-electron chi connectivity index (χ4n) is 2.48. The van der Waals surface area contributed by atoms with Crippen LogP contribution >= 0.6 is 11.8 Å². The Morgan fingerprint density at radius 1 is 1.19 bits per heavy atom. The topological polar surface area (TPSA) is 77.0 Å². The van der Waals surface area contributed by atoms with E-state index >= 15 is 0 Å². The lowest BCUT2D eigenvalue weighted by atomic mass is 10.2. The van der Waals surface area contributed by atoms with Crippen LogP contribution in [-0.4, -0.2) is 30.2 Å². The average Bonchev–Trinajstić information content (AvgIpc) is 2.95. The van der Waals surface area contributed by atoms with Crippen molar-refractivity contribution < 1.29 is 19.1 Å². The van der Waals surface area contributed by atoms with Crippen LogP contribution in [0.1, 0.15) is 52.0 Å². The number of carbonyl (C=O) groups excluding carboxylic acids is 2. The first kappa shape index (κ1) is 21.0. The van der Waals surface area contributed by atoms with Crippen molar-refractivity contribution in [1.29, 1.82) is 0 Å². The summed E-state index contributed by atoms with van der Waals surface area (Å²) in [5, 5.41) is 2.84. The molecule has 6 nitrogen and oxygen atoms in total. The molecule has 0 unspecified atom stereocenters. The van der Waals surface area contributed by atoms with Crippen molar-refractivity contribution in [2.24, 2.45) is 4.99 Å². The maximum Gasteiger partial charge on any atom is 0.286 e. The molecule has 2 amide bonds. The Morgan fingerprint density at radius 2 is 2.00 bits per heavy atom. The molecule has 0 aromatic heterocycles. The first-order valence-corrected chi connectivity index (χ1v) is 10.0. The van der Waals surface area contributed by atoms with Crippen molar-refractivity contribution in [3.05, 3.63) is 28.7 Å². The molecule has 0 saturated heterocycles. The Morgan fingerprint density at radius 3 is 2.70 bits per heavy atom. The molecule has 2 rings (SSSR count). The van der Waals surface area contributed by atoms with Crippen LogP contribution in [0.25, 0.3) is 6.08 Å². The van der Waals surface area contributed by atoms with Crippen LogP contribution in [0.3, 0.4) is 0 Å². The highest BCUT2D eigenvalue weighted by Crippen LogP contribution is 2.32. The van der Waals surface area contributed by atoms with E-state index in [2.05, 4.69) is 17.2 Å². The van der Waals surface area contributed by atoms with Crippen molar-refractivity contribution in [2.75, 3.05) is 13.2 Å². The van der Waals surface area contributed by atoms with E-state index < -0.39 is 0 Å². The van der Waals surface area contributed by atoms with E-state index in [1.54, 1.807) is 6.08 Å². The monoisotopic (exact) mass is 390 g/mol. The van der Waals surface area contributed by atoms with Gasteiger partial charge in [-0.15, -0.1) is 0 Å². The minimum absolute atomic E-state index is 0.255. The largest absolute Gasteiger partial charge is 0.490 e. The van der Waals surface area contributed by atoms with Crippen LogP contribution < -0.4 is 14.8 Å². The standard InChI is InChI=1S/C20H26N2O4S/c1-4-6-7-8-11-26-16-10-9-15(12-17(16)25-5-2)13-18-19(24)22-20(27-18)21-14(3)23/h9-10,12-13H,4-8,11H2,1-3H3,(H,21,22,23,24)/b18-13+. The lowest BCUT2D eigenvalue weighted by molar-refractivity contribution is -0.117. The first-order valence-electron chi connectivity index (χ1n) is 9.23. The van der Waals surface area contributed by atoms with Crippen LogP contribution in [0.5, 0.6) is 11.5 Å². The van der Waals surface area contributed by atoms with Crippen molar-refractivity contribution in [3.63, 3.8) is 0 Å². The van der Waals surface area contributed by atoms with Crippen LogP contribution in [0.4, 0.5) is 0 Å². The number of aliphatic imine (C=N–C) groups is 1. The number of nitrogens with zero attached hydrogens (tertiary/aromatic N) is 1. The number of carbonyl (C=O) groups is 2. The molecule has 0 fully saturated rings. The van der Waals surface area contributed by atoms with Crippen molar-refractivity contribution in [2.45, 2.75) is 46.5 Å². The highest BCUT2D eigenvalue weighted by atomic mass is 32.2. The van der Waals surface area contributed by atoms with Gasteiger partial charge in [0.2, 0.25) is 5.91 Å². The summed E-state index contributed by atoms with van der Waals surface area (Å²) in [6.07, 6.45) is 6.30. The highest BCUT2D eigenvalue weighted by Gasteiger charge is 2.22. The molecule has 1 aliphatic heterocycles. The molecule has 1 aromatic carbocycles. The third-order valence-electron chi connectivity index (χ3n) is 3.72. The molecule has 1 N–H and O–H groups in total. The van der Waals surface area contributed by atoms with Crippen LogP contribution in [0.2, 0.25) is 0 Å². The Bertz CT molecular complexity index is 743. The van der Waals surface area contributed by atoms with Crippen LogP contribution in [0.15, 0.2) is 28.1 Å². The number of nitrogens with one attached hydrogen (secondary N) is 1. The Labute approximate surface area is 164 Å². The molecular formula is C20H26N2O4S. The summed E-state index contributed by atoms with van der Waals surface area (Å²) in [6.45, 7) is 6.65. The number of amides is 2. The van der Waals surface area contributed by atoms with E-state index in [0.29, 0.717) is 34.8 Å². The first-order chi connectivity index (χ1) is 13.0. The lowest BCUT2D eigenvalue weighted by Gasteiger charge is -2.12. The number of ether oxygens (including phenoxy) is 2. The van der Waals surface area contributed by atoms with Gasteiger partial charge in [0, 0.05) is 6.92 Å². The maximum absolute atomic E-state index is 12.0. The van der Waals surface area contributed by atoms with Gasteiger partial charge in [0.05, 0.1) is 18.1 Å². The summed E-state index contributed by atoms with van der Waals surface area (Å²) < 4.78 is 11.5. The van der Waals surface area contributed by atoms with E-state index in [-0.39, 0.29) is 11.8 Å². The number of rotatable bonds is 9. The summed E-state index contributed by atoms with van der Waals surface area (Å²) in [6, 6.07) is 5.58. The van der Waals surface area contributed by atoms with E-state index in [0.717, 1.165) is 30.2 Å². The smallest absolute Gasteiger partial charge is 0.286 e. The predicted molar refractivity (Wildman–Crippen MR) is 109 cm³/mol. The van der Waals surface area contributed by atoms with Crippen LogP contribution in [-0.2, 0) is 9.59 Å². The quantitative estimate of drug-likeness (QED) is 0.506. The molecule has 27 heavy (non-hydrogen) atoms. The van der Waals surface area contributed by atoms with Gasteiger partial charge in [-0.3, -0.25) is 9.59 Å². The van der Waals surface area contributed by atoms with Gasteiger partial charge in [-0.1, -0.05) is 32.3 Å². The molecule has 1 aliphatic rings. The molecule has 0 spiro atoms. The number of amidine groups is 1. The van der Waals surface area contributed by atoms with Crippen LogP contribution in [0, 0.1) is 0 Å². The number of unbranched alkanes of at least 4 members (excludes halogenated alkanes) is 3. The molecular weight excluding hydrogens is 364 g/mol. The summed E-state index contributed by atoms with van der Waals surface area (Å²) >= 11 is 1.14. The number of hydrogen-bond acceptors (Lipinski definition) is 5. The minimum atomic E-state index is -0.363. The molecule has 0 radical (unpaired) electrons. The third-order valence-corrected chi connectivity index (χ3v) is 4.62. The number of thioether (sulfide) groups is 1. The number of benzene rings is 1. The normalized spacial score (nSPS) is 15.0. The lowest BCUT2D eigenvalue weighted by Crippen LogP contribution is -2.23. The zero-order valence-corrected chi connectivity index (χ0v) is 16.9. The van der Waals surface area contributed by atoms with Gasteiger partial charge in [-0.2, -0.15) is 4.99 Å². The zero-order chi connectivity index (χ0) is 19.6. The second-order valence-corrected chi connectivity index (χ2v) is 7.09.